The SMILES string of the molecule is Cc1ccc(S(=O)(=O)c2nc(-c3ccccc3)oc2N2CCCCC2)cc1. The van der Waals surface area contributed by atoms with Crippen LogP contribution >= 0.6 is 0 Å². The van der Waals surface area contributed by atoms with Crippen molar-refractivity contribution in [2.45, 2.75) is 36.1 Å². The third-order valence-corrected chi connectivity index (χ3v) is 6.50. The standard InChI is InChI=1S/C21H22N2O3S/c1-16-10-12-18(13-11-16)27(24,25)20-21(23-14-6-3-7-15-23)26-19(22-20)17-8-4-2-5-9-17/h2,4-5,8-13H,3,6-7,14-15H2,1H3. The van der Waals surface area contributed by atoms with Gasteiger partial charge < -0.3 is 9.32 Å². The van der Waals surface area contributed by atoms with Crippen LogP contribution in [0.15, 0.2) is 68.9 Å². The summed E-state index contributed by atoms with van der Waals surface area (Å²) in [6.07, 6.45) is 3.19. The van der Waals surface area contributed by atoms with E-state index in [-0.39, 0.29) is 9.92 Å². The Morgan fingerprint density at radius 2 is 1.59 bits per heavy atom. The van der Waals surface area contributed by atoms with Crippen molar-refractivity contribution in [2.24, 2.45) is 0 Å². The molecular weight excluding hydrogens is 360 g/mol. The van der Waals surface area contributed by atoms with E-state index in [1.807, 2.05) is 42.2 Å². The van der Waals surface area contributed by atoms with Crippen LogP contribution in [0.3, 0.4) is 0 Å². The molecule has 2 aromatic carbocycles. The van der Waals surface area contributed by atoms with Gasteiger partial charge in [-0.2, -0.15) is 4.98 Å². The number of hydrogen-bond donors (Lipinski definition) is 0. The van der Waals surface area contributed by atoms with E-state index in [4.69, 9.17) is 4.42 Å². The minimum absolute atomic E-state index is 0.00658. The number of rotatable bonds is 4. The van der Waals surface area contributed by atoms with E-state index >= 15 is 0 Å². The molecule has 5 nitrogen and oxygen atoms in total. The van der Waals surface area contributed by atoms with E-state index < -0.39 is 9.84 Å². The van der Waals surface area contributed by atoms with Gasteiger partial charge in [0, 0.05) is 18.7 Å². The van der Waals surface area contributed by atoms with E-state index in [1.54, 1.807) is 24.3 Å². The van der Waals surface area contributed by atoms with Crippen LogP contribution in [0.2, 0.25) is 0 Å². The maximum absolute atomic E-state index is 13.3. The Hall–Kier alpha value is -2.60. The summed E-state index contributed by atoms with van der Waals surface area (Å²) in [6.45, 7) is 3.48. The summed E-state index contributed by atoms with van der Waals surface area (Å²) in [5.74, 6) is 0.691. The Bertz CT molecular complexity index is 1020. The highest BCUT2D eigenvalue weighted by atomic mass is 32.2. The molecule has 0 aliphatic carbocycles. The highest BCUT2D eigenvalue weighted by Crippen LogP contribution is 2.35. The summed E-state index contributed by atoms with van der Waals surface area (Å²) in [4.78, 5) is 6.67. The lowest BCUT2D eigenvalue weighted by molar-refractivity contribution is 0.499. The van der Waals surface area contributed by atoms with E-state index in [9.17, 15) is 8.42 Å². The smallest absolute Gasteiger partial charge is 0.236 e. The molecule has 1 fully saturated rings. The number of anilines is 1. The molecule has 0 spiro atoms. The van der Waals surface area contributed by atoms with E-state index in [2.05, 4.69) is 4.98 Å². The molecule has 0 atom stereocenters. The summed E-state index contributed by atoms with van der Waals surface area (Å²) in [5, 5.41) is 0.00658. The summed E-state index contributed by atoms with van der Waals surface area (Å²) in [6, 6.07) is 16.3. The van der Waals surface area contributed by atoms with E-state index in [0.29, 0.717) is 11.8 Å². The molecule has 6 heteroatoms. The monoisotopic (exact) mass is 382 g/mol. The second-order valence-electron chi connectivity index (χ2n) is 6.86. The molecule has 0 radical (unpaired) electrons. The fourth-order valence-electron chi connectivity index (χ4n) is 3.30. The summed E-state index contributed by atoms with van der Waals surface area (Å²) < 4.78 is 32.6. The zero-order valence-electron chi connectivity index (χ0n) is 15.3. The molecular formula is C21H22N2O3S. The van der Waals surface area contributed by atoms with Gasteiger partial charge in [0.1, 0.15) is 0 Å². The first-order valence-corrected chi connectivity index (χ1v) is 10.7. The normalized spacial score (nSPS) is 15.1. The van der Waals surface area contributed by atoms with Crippen LogP contribution in [-0.4, -0.2) is 26.5 Å². The number of benzene rings is 2. The fourth-order valence-corrected chi connectivity index (χ4v) is 4.62. The Labute approximate surface area is 159 Å². The van der Waals surface area contributed by atoms with Crippen molar-refractivity contribution in [1.82, 2.24) is 4.98 Å². The zero-order valence-corrected chi connectivity index (χ0v) is 16.1. The van der Waals surface area contributed by atoms with Crippen LogP contribution in [-0.2, 0) is 9.84 Å². The minimum atomic E-state index is -3.77. The third-order valence-electron chi connectivity index (χ3n) is 4.83. The van der Waals surface area contributed by atoms with Crippen molar-refractivity contribution in [3.63, 3.8) is 0 Å². The lowest BCUT2D eigenvalue weighted by atomic mass is 10.1. The number of oxazole rings is 1. The van der Waals surface area contributed by atoms with Gasteiger partial charge in [0.2, 0.25) is 26.6 Å². The lowest BCUT2D eigenvalue weighted by Crippen LogP contribution is -2.30. The van der Waals surface area contributed by atoms with E-state index in [1.165, 1.54) is 0 Å². The van der Waals surface area contributed by atoms with Crippen molar-refractivity contribution in [2.75, 3.05) is 18.0 Å². The molecule has 1 aromatic heterocycles. The molecule has 0 bridgehead atoms. The van der Waals surface area contributed by atoms with Gasteiger partial charge in [0.15, 0.2) is 0 Å². The maximum Gasteiger partial charge on any atom is 0.236 e. The molecule has 2 heterocycles. The highest BCUT2D eigenvalue weighted by molar-refractivity contribution is 7.91. The fraction of sp³-hybridized carbons (Fsp3) is 0.286. The largest absolute Gasteiger partial charge is 0.419 e. The van der Waals surface area contributed by atoms with Gasteiger partial charge in [-0.05, 0) is 50.5 Å². The van der Waals surface area contributed by atoms with Crippen LogP contribution in [0, 0.1) is 6.92 Å². The molecule has 27 heavy (non-hydrogen) atoms. The van der Waals surface area contributed by atoms with Gasteiger partial charge in [-0.25, -0.2) is 8.42 Å². The van der Waals surface area contributed by atoms with Crippen molar-refractivity contribution >= 4 is 15.7 Å². The molecule has 4 rings (SSSR count). The molecule has 3 aromatic rings. The van der Waals surface area contributed by atoms with Crippen LogP contribution < -0.4 is 4.90 Å². The summed E-state index contributed by atoms with van der Waals surface area (Å²) in [7, 11) is -3.77. The average molecular weight is 382 g/mol. The Kier molecular flexibility index (Phi) is 4.74. The Balaban J connectivity index is 1.84. The average Bonchev–Trinajstić information content (AvgIpc) is 3.16. The highest BCUT2D eigenvalue weighted by Gasteiger charge is 2.31. The van der Waals surface area contributed by atoms with Crippen molar-refractivity contribution in [1.29, 1.82) is 0 Å². The van der Waals surface area contributed by atoms with Crippen LogP contribution in [0.1, 0.15) is 24.8 Å². The van der Waals surface area contributed by atoms with Gasteiger partial charge in [-0.1, -0.05) is 35.9 Å². The van der Waals surface area contributed by atoms with Crippen molar-refractivity contribution in [3.05, 3.63) is 60.2 Å². The maximum atomic E-state index is 13.3. The number of aromatic nitrogens is 1. The summed E-state index contributed by atoms with van der Waals surface area (Å²) >= 11 is 0. The first-order chi connectivity index (χ1) is 13.1. The molecule has 0 amide bonds. The van der Waals surface area contributed by atoms with Gasteiger partial charge in [-0.15, -0.1) is 0 Å². The zero-order chi connectivity index (χ0) is 18.9. The van der Waals surface area contributed by atoms with Crippen LogP contribution in [0.25, 0.3) is 11.5 Å². The van der Waals surface area contributed by atoms with Crippen LogP contribution in [0.5, 0.6) is 0 Å². The Morgan fingerprint density at radius 1 is 0.926 bits per heavy atom. The lowest BCUT2D eigenvalue weighted by Gasteiger charge is -2.26. The second-order valence-corrected chi connectivity index (χ2v) is 8.72. The molecule has 140 valence electrons. The quantitative estimate of drug-likeness (QED) is 0.666. The van der Waals surface area contributed by atoms with Crippen molar-refractivity contribution < 1.29 is 12.8 Å². The number of aryl methyl sites for hydroxylation is 1. The van der Waals surface area contributed by atoms with Crippen molar-refractivity contribution in [3.8, 4) is 11.5 Å². The molecule has 0 saturated carbocycles. The van der Waals surface area contributed by atoms with Gasteiger partial charge >= 0.3 is 0 Å². The van der Waals surface area contributed by atoms with Gasteiger partial charge in [0.25, 0.3) is 0 Å². The number of sulfone groups is 1. The predicted molar refractivity (Wildman–Crippen MR) is 105 cm³/mol. The third kappa shape index (κ3) is 3.49. The second kappa shape index (κ2) is 7.19. The minimum Gasteiger partial charge on any atom is -0.419 e. The van der Waals surface area contributed by atoms with E-state index in [0.717, 1.165) is 43.5 Å². The molecule has 1 aliphatic heterocycles. The van der Waals surface area contributed by atoms with Crippen LogP contribution in [0.4, 0.5) is 5.88 Å². The summed E-state index contributed by atoms with van der Waals surface area (Å²) in [5.41, 5.74) is 1.77. The van der Waals surface area contributed by atoms with Gasteiger partial charge in [0.05, 0.1) is 4.90 Å². The van der Waals surface area contributed by atoms with Gasteiger partial charge in [-0.3, -0.25) is 0 Å². The topological polar surface area (TPSA) is 63.4 Å². The number of hydrogen-bond acceptors (Lipinski definition) is 5. The molecule has 1 saturated heterocycles. The number of nitrogens with zero attached hydrogens (tertiary/aromatic N) is 2. The Morgan fingerprint density at radius 3 is 2.26 bits per heavy atom. The first-order valence-electron chi connectivity index (χ1n) is 9.19. The molecule has 0 N–H and O–H groups in total. The number of piperidine rings is 1. The predicted octanol–water partition coefficient (Wildman–Crippen LogP) is 4.47. The molecule has 1 aliphatic rings. The first kappa shape index (κ1) is 17.8. The molecule has 0 unspecified atom stereocenters.